The van der Waals surface area contributed by atoms with Crippen LogP contribution in [-0.4, -0.2) is 28.5 Å². The van der Waals surface area contributed by atoms with Crippen LogP contribution in [0, 0.1) is 0 Å². The molecular weight excluding hydrogens is 216 g/mol. The average molecular weight is 229 g/mol. The number of halogens is 1. The van der Waals surface area contributed by atoms with Gasteiger partial charge in [-0.3, -0.25) is 9.78 Å². The zero-order valence-corrected chi connectivity index (χ0v) is 9.38. The van der Waals surface area contributed by atoms with Crippen LogP contribution in [0.25, 0.3) is 0 Å². The van der Waals surface area contributed by atoms with Crippen LogP contribution in [0.2, 0.25) is 5.15 Å². The summed E-state index contributed by atoms with van der Waals surface area (Å²) in [5.74, 6) is 0.396. The number of rotatable bonds is 4. The second kappa shape index (κ2) is 5.50. The largest absolute Gasteiger partial charge is 0.360 e. The molecule has 0 spiro atoms. The second-order valence-electron chi connectivity index (χ2n) is 3.30. The number of nitrogens with zero attached hydrogens (tertiary/aromatic N) is 2. The molecule has 0 unspecified atom stereocenters. The highest BCUT2D eigenvalue weighted by molar-refractivity contribution is 6.29. The first-order valence-corrected chi connectivity index (χ1v) is 4.96. The molecule has 0 aromatic carbocycles. The van der Waals surface area contributed by atoms with E-state index in [0.717, 1.165) is 0 Å². The van der Waals surface area contributed by atoms with Crippen molar-refractivity contribution in [3.05, 3.63) is 17.5 Å². The fourth-order valence-corrected chi connectivity index (χ4v) is 1.12. The minimum absolute atomic E-state index is 0.0909. The van der Waals surface area contributed by atoms with Gasteiger partial charge in [-0.2, -0.15) is 0 Å². The molecule has 1 rings (SSSR count). The van der Waals surface area contributed by atoms with Crippen molar-refractivity contribution in [1.29, 1.82) is 0 Å². The van der Waals surface area contributed by atoms with Crippen molar-refractivity contribution in [3.63, 3.8) is 0 Å². The van der Waals surface area contributed by atoms with Gasteiger partial charge in [-0.05, 0) is 13.8 Å². The predicted molar refractivity (Wildman–Crippen MR) is 58.8 cm³/mol. The molecule has 0 bridgehead atoms. The van der Waals surface area contributed by atoms with E-state index in [1.807, 2.05) is 13.8 Å². The van der Waals surface area contributed by atoms with Gasteiger partial charge in [0.25, 0.3) is 0 Å². The van der Waals surface area contributed by atoms with Crippen LogP contribution in [0.15, 0.2) is 12.4 Å². The molecule has 0 radical (unpaired) electrons. The van der Waals surface area contributed by atoms with Crippen molar-refractivity contribution in [2.45, 2.75) is 19.9 Å². The van der Waals surface area contributed by atoms with E-state index in [0.29, 0.717) is 11.0 Å². The Morgan fingerprint density at radius 2 is 2.27 bits per heavy atom. The lowest BCUT2D eigenvalue weighted by molar-refractivity contribution is -0.119. The quantitative estimate of drug-likeness (QED) is 0.809. The lowest BCUT2D eigenvalue weighted by atomic mass is 10.4. The highest BCUT2D eigenvalue weighted by Gasteiger charge is 2.03. The monoisotopic (exact) mass is 228 g/mol. The summed E-state index contributed by atoms with van der Waals surface area (Å²) in [5.41, 5.74) is 0. The van der Waals surface area contributed by atoms with Gasteiger partial charge in [0.05, 0.1) is 18.9 Å². The molecule has 1 aromatic rings. The number of hydrogen-bond acceptors (Lipinski definition) is 4. The van der Waals surface area contributed by atoms with Crippen molar-refractivity contribution in [1.82, 2.24) is 15.3 Å². The third-order valence-electron chi connectivity index (χ3n) is 1.48. The standard InChI is InChI=1S/C9H13ClN4O/c1-6(2)13-9(15)5-12-8-4-11-3-7(10)14-8/h3-4,6H,5H2,1-2H3,(H,12,14)(H,13,15). The predicted octanol–water partition coefficient (Wildman–Crippen LogP) is 1.07. The summed E-state index contributed by atoms with van der Waals surface area (Å²) in [6.45, 7) is 3.96. The topological polar surface area (TPSA) is 66.9 Å². The first-order chi connectivity index (χ1) is 7.08. The van der Waals surface area contributed by atoms with Crippen LogP contribution < -0.4 is 10.6 Å². The van der Waals surface area contributed by atoms with Gasteiger partial charge in [0.15, 0.2) is 0 Å². The van der Waals surface area contributed by atoms with Crippen molar-refractivity contribution in [2.24, 2.45) is 0 Å². The normalized spacial score (nSPS) is 10.1. The summed E-state index contributed by atoms with van der Waals surface area (Å²) < 4.78 is 0. The van der Waals surface area contributed by atoms with Gasteiger partial charge in [0, 0.05) is 6.04 Å². The molecule has 5 nitrogen and oxygen atoms in total. The molecule has 1 amide bonds. The van der Waals surface area contributed by atoms with E-state index in [9.17, 15) is 4.79 Å². The molecule has 82 valence electrons. The number of aromatic nitrogens is 2. The minimum atomic E-state index is -0.0909. The summed E-state index contributed by atoms with van der Waals surface area (Å²) in [6.07, 6.45) is 2.94. The Morgan fingerprint density at radius 3 is 2.87 bits per heavy atom. The smallest absolute Gasteiger partial charge is 0.239 e. The number of anilines is 1. The molecule has 0 aliphatic rings. The van der Waals surface area contributed by atoms with Crippen molar-refractivity contribution in [3.8, 4) is 0 Å². The van der Waals surface area contributed by atoms with E-state index in [1.165, 1.54) is 12.4 Å². The van der Waals surface area contributed by atoms with Crippen molar-refractivity contribution < 1.29 is 4.79 Å². The molecule has 1 heterocycles. The molecule has 0 saturated heterocycles. The maximum atomic E-state index is 11.3. The molecule has 0 aliphatic heterocycles. The summed E-state index contributed by atoms with van der Waals surface area (Å²) in [7, 11) is 0. The third-order valence-corrected chi connectivity index (χ3v) is 1.67. The maximum Gasteiger partial charge on any atom is 0.239 e. The zero-order chi connectivity index (χ0) is 11.3. The molecular formula is C9H13ClN4O. The van der Waals surface area contributed by atoms with Crippen LogP contribution in [0.4, 0.5) is 5.82 Å². The van der Waals surface area contributed by atoms with Crippen LogP contribution in [0.3, 0.4) is 0 Å². The van der Waals surface area contributed by atoms with Gasteiger partial charge in [0.1, 0.15) is 11.0 Å². The molecule has 0 fully saturated rings. The molecule has 15 heavy (non-hydrogen) atoms. The Morgan fingerprint density at radius 1 is 1.53 bits per heavy atom. The van der Waals surface area contributed by atoms with E-state index in [4.69, 9.17) is 11.6 Å². The molecule has 1 aromatic heterocycles. The van der Waals surface area contributed by atoms with E-state index in [-0.39, 0.29) is 18.5 Å². The van der Waals surface area contributed by atoms with E-state index in [2.05, 4.69) is 20.6 Å². The molecule has 6 heteroatoms. The third kappa shape index (κ3) is 4.60. The first kappa shape index (κ1) is 11.7. The van der Waals surface area contributed by atoms with Gasteiger partial charge in [-0.1, -0.05) is 11.6 Å². The lowest BCUT2D eigenvalue weighted by Gasteiger charge is -2.09. The summed E-state index contributed by atoms with van der Waals surface area (Å²) >= 11 is 5.63. The first-order valence-electron chi connectivity index (χ1n) is 4.58. The number of hydrogen-bond donors (Lipinski definition) is 2. The van der Waals surface area contributed by atoms with Crippen LogP contribution >= 0.6 is 11.6 Å². The SMILES string of the molecule is CC(C)NC(=O)CNc1cncc(Cl)n1. The fourth-order valence-electron chi connectivity index (χ4n) is 0.971. The Labute approximate surface area is 93.3 Å². The second-order valence-corrected chi connectivity index (χ2v) is 3.69. The van der Waals surface area contributed by atoms with Crippen LogP contribution in [0.5, 0.6) is 0 Å². The van der Waals surface area contributed by atoms with Gasteiger partial charge < -0.3 is 10.6 Å². The van der Waals surface area contributed by atoms with Crippen molar-refractivity contribution >= 4 is 23.3 Å². The van der Waals surface area contributed by atoms with E-state index >= 15 is 0 Å². The Balaban J connectivity index is 2.40. The van der Waals surface area contributed by atoms with E-state index < -0.39 is 0 Å². The molecule has 2 N–H and O–H groups in total. The summed E-state index contributed by atoms with van der Waals surface area (Å²) in [5, 5.41) is 5.86. The van der Waals surface area contributed by atoms with Crippen molar-refractivity contribution in [2.75, 3.05) is 11.9 Å². The molecule has 0 aliphatic carbocycles. The number of nitrogens with one attached hydrogen (secondary N) is 2. The fraction of sp³-hybridized carbons (Fsp3) is 0.444. The molecule has 0 atom stereocenters. The highest BCUT2D eigenvalue weighted by Crippen LogP contribution is 2.05. The highest BCUT2D eigenvalue weighted by atomic mass is 35.5. The molecule has 0 saturated carbocycles. The van der Waals surface area contributed by atoms with Gasteiger partial charge in [0.2, 0.25) is 5.91 Å². The van der Waals surface area contributed by atoms with Gasteiger partial charge in [-0.15, -0.1) is 0 Å². The van der Waals surface area contributed by atoms with Gasteiger partial charge in [-0.25, -0.2) is 4.98 Å². The minimum Gasteiger partial charge on any atom is -0.360 e. The van der Waals surface area contributed by atoms with Crippen LogP contribution in [0.1, 0.15) is 13.8 Å². The maximum absolute atomic E-state index is 11.3. The van der Waals surface area contributed by atoms with Crippen LogP contribution in [-0.2, 0) is 4.79 Å². The Hall–Kier alpha value is -1.36. The Kier molecular flexibility index (Phi) is 4.30. The number of amides is 1. The van der Waals surface area contributed by atoms with E-state index in [1.54, 1.807) is 0 Å². The van der Waals surface area contributed by atoms with Gasteiger partial charge >= 0.3 is 0 Å². The number of carbonyl (C=O) groups is 1. The Bertz CT molecular complexity index is 343. The lowest BCUT2D eigenvalue weighted by Crippen LogP contribution is -2.34. The number of carbonyl (C=O) groups excluding carboxylic acids is 1. The summed E-state index contributed by atoms with van der Waals surface area (Å²) in [4.78, 5) is 19.0. The summed E-state index contributed by atoms with van der Waals surface area (Å²) in [6, 6.07) is 0.129. The average Bonchev–Trinajstić information content (AvgIpc) is 2.14. The zero-order valence-electron chi connectivity index (χ0n) is 8.62.